The molecule has 6 nitrogen and oxygen atoms in total. The Morgan fingerprint density at radius 1 is 1.00 bits per heavy atom. The number of carbonyl (C=O) groups excluding carboxylic acids is 1. The predicted octanol–water partition coefficient (Wildman–Crippen LogP) is 4.28. The predicted molar refractivity (Wildman–Crippen MR) is 110 cm³/mol. The van der Waals surface area contributed by atoms with E-state index in [0.717, 1.165) is 17.0 Å². The van der Waals surface area contributed by atoms with Crippen LogP contribution in [0, 0.1) is 0 Å². The minimum Gasteiger partial charge on any atom is -0.494 e. The van der Waals surface area contributed by atoms with Crippen LogP contribution in [0.25, 0.3) is 0 Å². The van der Waals surface area contributed by atoms with Crippen molar-refractivity contribution in [3.8, 4) is 5.75 Å². The van der Waals surface area contributed by atoms with Crippen LogP contribution < -0.4 is 10.1 Å². The summed E-state index contributed by atoms with van der Waals surface area (Å²) in [7, 11) is 0. The van der Waals surface area contributed by atoms with Gasteiger partial charge in [0, 0.05) is 31.2 Å². The monoisotopic (exact) mass is 376 g/mol. The third-order valence-corrected chi connectivity index (χ3v) is 4.21. The van der Waals surface area contributed by atoms with Gasteiger partial charge in [-0.05, 0) is 43.7 Å². The van der Waals surface area contributed by atoms with Crippen molar-refractivity contribution in [1.82, 2.24) is 14.9 Å². The SMILES string of the molecule is CCOc1ccc(Nc2ncc(C(=O)N(CC)Cc3ccccc3)cn2)cc1. The molecule has 0 unspecified atom stereocenters. The maximum atomic E-state index is 12.8. The van der Waals surface area contributed by atoms with Crippen LogP contribution in [-0.4, -0.2) is 33.9 Å². The van der Waals surface area contributed by atoms with E-state index in [0.29, 0.717) is 31.2 Å². The molecule has 2 aromatic carbocycles. The molecule has 1 N–H and O–H groups in total. The number of benzene rings is 2. The number of hydrogen-bond donors (Lipinski definition) is 1. The van der Waals surface area contributed by atoms with E-state index in [4.69, 9.17) is 4.74 Å². The van der Waals surface area contributed by atoms with Crippen molar-refractivity contribution >= 4 is 17.5 Å². The third-order valence-electron chi connectivity index (χ3n) is 4.21. The van der Waals surface area contributed by atoms with E-state index in [-0.39, 0.29) is 5.91 Å². The molecule has 3 aromatic rings. The molecule has 1 amide bonds. The summed E-state index contributed by atoms with van der Waals surface area (Å²) in [6.07, 6.45) is 3.11. The molecule has 0 aliphatic heterocycles. The first-order chi connectivity index (χ1) is 13.7. The maximum absolute atomic E-state index is 12.8. The molecule has 28 heavy (non-hydrogen) atoms. The zero-order valence-electron chi connectivity index (χ0n) is 16.1. The van der Waals surface area contributed by atoms with Crippen molar-refractivity contribution < 1.29 is 9.53 Å². The van der Waals surface area contributed by atoms with Gasteiger partial charge in [0.05, 0.1) is 12.2 Å². The smallest absolute Gasteiger partial charge is 0.257 e. The summed E-state index contributed by atoms with van der Waals surface area (Å²) in [4.78, 5) is 23.1. The van der Waals surface area contributed by atoms with Crippen LogP contribution in [0.1, 0.15) is 29.8 Å². The molecule has 0 saturated heterocycles. The second-order valence-corrected chi connectivity index (χ2v) is 6.18. The fraction of sp³-hybridized carbons (Fsp3) is 0.227. The second kappa shape index (κ2) is 9.50. The number of anilines is 2. The summed E-state index contributed by atoms with van der Waals surface area (Å²) in [5.74, 6) is 1.17. The Bertz CT molecular complexity index is 881. The first-order valence-electron chi connectivity index (χ1n) is 9.34. The van der Waals surface area contributed by atoms with Gasteiger partial charge in [-0.15, -0.1) is 0 Å². The van der Waals surface area contributed by atoms with Gasteiger partial charge >= 0.3 is 0 Å². The number of hydrogen-bond acceptors (Lipinski definition) is 5. The van der Waals surface area contributed by atoms with Crippen molar-refractivity contribution in [2.24, 2.45) is 0 Å². The molecule has 6 heteroatoms. The first kappa shape index (κ1) is 19.4. The molecule has 0 aliphatic rings. The van der Waals surface area contributed by atoms with E-state index in [1.54, 1.807) is 17.3 Å². The summed E-state index contributed by atoms with van der Waals surface area (Å²) < 4.78 is 5.43. The van der Waals surface area contributed by atoms with Gasteiger partial charge in [-0.2, -0.15) is 0 Å². The van der Waals surface area contributed by atoms with E-state index in [1.807, 2.05) is 68.4 Å². The van der Waals surface area contributed by atoms with E-state index in [2.05, 4.69) is 15.3 Å². The number of rotatable bonds is 8. The van der Waals surface area contributed by atoms with E-state index in [1.165, 1.54) is 0 Å². The number of carbonyl (C=O) groups is 1. The minimum absolute atomic E-state index is 0.0843. The van der Waals surface area contributed by atoms with Gasteiger partial charge in [0.15, 0.2) is 0 Å². The van der Waals surface area contributed by atoms with Crippen LogP contribution in [0.4, 0.5) is 11.6 Å². The molecule has 0 aliphatic carbocycles. The van der Waals surface area contributed by atoms with Crippen molar-refractivity contribution in [2.45, 2.75) is 20.4 Å². The highest BCUT2D eigenvalue weighted by molar-refractivity contribution is 5.93. The number of aromatic nitrogens is 2. The largest absolute Gasteiger partial charge is 0.494 e. The molecule has 0 radical (unpaired) electrons. The fourth-order valence-corrected chi connectivity index (χ4v) is 2.75. The topological polar surface area (TPSA) is 67.3 Å². The lowest BCUT2D eigenvalue weighted by Gasteiger charge is -2.20. The summed E-state index contributed by atoms with van der Waals surface area (Å²) in [6, 6.07) is 17.5. The van der Waals surface area contributed by atoms with Crippen molar-refractivity contribution in [3.63, 3.8) is 0 Å². The Kier molecular flexibility index (Phi) is 6.57. The van der Waals surface area contributed by atoms with Crippen LogP contribution >= 0.6 is 0 Å². The summed E-state index contributed by atoms with van der Waals surface area (Å²) in [6.45, 7) is 5.71. The van der Waals surface area contributed by atoms with Gasteiger partial charge in [0.25, 0.3) is 5.91 Å². The van der Waals surface area contributed by atoms with Gasteiger partial charge in [-0.3, -0.25) is 4.79 Å². The first-order valence-corrected chi connectivity index (χ1v) is 9.34. The highest BCUT2D eigenvalue weighted by Crippen LogP contribution is 2.18. The van der Waals surface area contributed by atoms with Crippen molar-refractivity contribution in [1.29, 1.82) is 0 Å². The molecular weight excluding hydrogens is 352 g/mol. The number of nitrogens with one attached hydrogen (secondary N) is 1. The number of nitrogens with zero attached hydrogens (tertiary/aromatic N) is 3. The highest BCUT2D eigenvalue weighted by Gasteiger charge is 2.15. The van der Waals surface area contributed by atoms with Crippen LogP contribution in [0.3, 0.4) is 0 Å². The Morgan fingerprint density at radius 3 is 2.29 bits per heavy atom. The van der Waals surface area contributed by atoms with Crippen LogP contribution in [0.15, 0.2) is 67.0 Å². The molecule has 1 aromatic heterocycles. The van der Waals surface area contributed by atoms with Gasteiger partial charge in [-0.25, -0.2) is 9.97 Å². The van der Waals surface area contributed by atoms with Crippen molar-refractivity contribution in [2.75, 3.05) is 18.5 Å². The third kappa shape index (κ3) is 5.07. The summed E-state index contributed by atoms with van der Waals surface area (Å²) in [5, 5.41) is 3.12. The average molecular weight is 376 g/mol. The lowest BCUT2D eigenvalue weighted by atomic mass is 10.2. The zero-order chi connectivity index (χ0) is 19.8. The van der Waals surface area contributed by atoms with E-state index < -0.39 is 0 Å². The van der Waals surface area contributed by atoms with Gasteiger partial charge in [0.2, 0.25) is 5.95 Å². The molecular formula is C22H24N4O2. The highest BCUT2D eigenvalue weighted by atomic mass is 16.5. The number of ether oxygens (including phenoxy) is 1. The minimum atomic E-state index is -0.0843. The van der Waals surface area contributed by atoms with E-state index in [9.17, 15) is 4.79 Å². The maximum Gasteiger partial charge on any atom is 0.257 e. The fourth-order valence-electron chi connectivity index (χ4n) is 2.75. The standard InChI is InChI=1S/C22H24N4O2/c1-3-26(16-17-8-6-5-7-9-17)21(27)18-14-23-22(24-15-18)25-19-10-12-20(13-11-19)28-4-2/h5-15H,3-4,16H2,1-2H3,(H,23,24,25). The Balaban J connectivity index is 1.64. The van der Waals surface area contributed by atoms with Gasteiger partial charge in [-0.1, -0.05) is 30.3 Å². The molecule has 1 heterocycles. The van der Waals surface area contributed by atoms with Crippen LogP contribution in [0.5, 0.6) is 5.75 Å². The summed E-state index contributed by atoms with van der Waals surface area (Å²) >= 11 is 0. The molecule has 0 fully saturated rings. The Labute approximate surface area is 165 Å². The zero-order valence-corrected chi connectivity index (χ0v) is 16.1. The molecule has 0 saturated carbocycles. The molecule has 0 atom stereocenters. The molecule has 0 spiro atoms. The average Bonchev–Trinajstić information content (AvgIpc) is 2.74. The van der Waals surface area contributed by atoms with Crippen LogP contribution in [0.2, 0.25) is 0 Å². The lowest BCUT2D eigenvalue weighted by Crippen LogP contribution is -2.30. The lowest BCUT2D eigenvalue weighted by molar-refractivity contribution is 0.0751. The van der Waals surface area contributed by atoms with Gasteiger partial charge in [0.1, 0.15) is 5.75 Å². The molecule has 3 rings (SSSR count). The van der Waals surface area contributed by atoms with Crippen molar-refractivity contribution in [3.05, 3.63) is 78.1 Å². The molecule has 0 bridgehead atoms. The molecule has 144 valence electrons. The summed E-state index contributed by atoms with van der Waals surface area (Å²) in [5.41, 5.74) is 2.41. The van der Waals surface area contributed by atoms with E-state index >= 15 is 0 Å². The second-order valence-electron chi connectivity index (χ2n) is 6.18. The van der Waals surface area contributed by atoms with Gasteiger partial charge < -0.3 is 15.0 Å². The Morgan fingerprint density at radius 2 is 1.68 bits per heavy atom. The quantitative estimate of drug-likeness (QED) is 0.635. The normalized spacial score (nSPS) is 10.4. The van der Waals surface area contributed by atoms with Crippen LogP contribution in [-0.2, 0) is 6.54 Å². The Hall–Kier alpha value is -3.41. The number of amides is 1.